The third-order valence-electron chi connectivity index (χ3n) is 4.19. The molecular weight excluding hydrogens is 265 g/mol. The van der Waals surface area contributed by atoms with Crippen molar-refractivity contribution in [1.29, 1.82) is 0 Å². The maximum Gasteiger partial charge on any atom is 0.494 e. The fourth-order valence-electron chi connectivity index (χ4n) is 2.20. The van der Waals surface area contributed by atoms with Gasteiger partial charge in [-0.25, -0.2) is 0 Å². The van der Waals surface area contributed by atoms with Gasteiger partial charge in [-0.3, -0.25) is 4.98 Å². The van der Waals surface area contributed by atoms with Gasteiger partial charge in [0.05, 0.1) is 17.4 Å². The van der Waals surface area contributed by atoms with Crippen molar-refractivity contribution < 1.29 is 9.31 Å². The lowest BCUT2D eigenvalue weighted by Gasteiger charge is -2.32. The molecule has 1 saturated heterocycles. The van der Waals surface area contributed by atoms with Gasteiger partial charge in [0.25, 0.3) is 5.82 Å². The van der Waals surface area contributed by atoms with Gasteiger partial charge in [-0.05, 0) is 45.3 Å². The summed E-state index contributed by atoms with van der Waals surface area (Å²) in [7, 11) is -0.433. The molecule has 0 atom stereocenters. The predicted octanol–water partition coefficient (Wildman–Crippen LogP) is 2.48. The topological polar surface area (TPSA) is 48.6 Å². The highest BCUT2D eigenvalue weighted by Gasteiger charge is 2.51. The summed E-state index contributed by atoms with van der Waals surface area (Å²) in [4.78, 5) is 11.8. The maximum absolute atomic E-state index is 7.02. The average molecular weight is 281 g/mol. The first kappa shape index (κ1) is 14.0. The van der Waals surface area contributed by atoms with Crippen LogP contribution in [0.15, 0.2) is 24.4 Å². The molecule has 2 aromatic rings. The van der Waals surface area contributed by atoms with Gasteiger partial charge in [0.2, 0.25) is 0 Å². The molecule has 0 spiro atoms. The molecule has 0 radical (unpaired) electrons. The number of fused-ring (bicyclic) bond motifs is 1. The second kappa shape index (κ2) is 4.52. The zero-order valence-corrected chi connectivity index (χ0v) is 12.5. The average Bonchev–Trinajstić information content (AvgIpc) is 2.66. The highest BCUT2D eigenvalue weighted by molar-refractivity contribution is 6.62. The fraction of sp³-hybridized carbons (Fsp3) is 0.400. The zero-order valence-electron chi connectivity index (χ0n) is 12.5. The van der Waals surface area contributed by atoms with Gasteiger partial charge in [0.1, 0.15) is 5.52 Å². The summed E-state index contributed by atoms with van der Waals surface area (Å²) in [6, 6.07) is 5.67. The molecule has 1 aliphatic rings. The standard InChI is InChI=1S/C15H16BN3O2/c1-14(2)15(3,4)21-16(20-14)10-6-7-11-12(8-10)19-13(17-5)9-18-11/h6-9H,1-4H3. The molecule has 0 aliphatic carbocycles. The maximum atomic E-state index is 7.02. The van der Waals surface area contributed by atoms with Crippen LogP contribution in [-0.4, -0.2) is 28.3 Å². The first-order valence-corrected chi connectivity index (χ1v) is 6.82. The lowest BCUT2D eigenvalue weighted by Crippen LogP contribution is -2.41. The third-order valence-corrected chi connectivity index (χ3v) is 4.19. The Hall–Kier alpha value is -1.97. The molecule has 2 heterocycles. The summed E-state index contributed by atoms with van der Waals surface area (Å²) in [5, 5.41) is 0. The van der Waals surface area contributed by atoms with Crippen molar-refractivity contribution in [3.8, 4) is 0 Å². The second-order valence-electron chi connectivity index (χ2n) is 6.18. The van der Waals surface area contributed by atoms with Gasteiger partial charge >= 0.3 is 7.12 Å². The van der Waals surface area contributed by atoms with Crippen LogP contribution in [0, 0.1) is 6.57 Å². The molecular formula is C15H16BN3O2. The highest BCUT2D eigenvalue weighted by Crippen LogP contribution is 2.36. The number of benzene rings is 1. The summed E-state index contributed by atoms with van der Waals surface area (Å²) in [6.07, 6.45) is 1.48. The third kappa shape index (κ3) is 2.29. The molecule has 1 aromatic heterocycles. The summed E-state index contributed by atoms with van der Waals surface area (Å²) >= 11 is 0. The van der Waals surface area contributed by atoms with Crippen molar-refractivity contribution in [2.45, 2.75) is 38.9 Å². The van der Waals surface area contributed by atoms with Gasteiger partial charge in [-0.15, -0.1) is 4.98 Å². The van der Waals surface area contributed by atoms with E-state index in [1.165, 1.54) is 6.20 Å². The van der Waals surface area contributed by atoms with Gasteiger partial charge in [-0.2, -0.15) is 0 Å². The van der Waals surface area contributed by atoms with Crippen molar-refractivity contribution >= 4 is 29.4 Å². The Morgan fingerprint density at radius 3 is 2.38 bits per heavy atom. The van der Waals surface area contributed by atoms with E-state index in [4.69, 9.17) is 15.9 Å². The van der Waals surface area contributed by atoms with E-state index in [0.29, 0.717) is 5.52 Å². The van der Waals surface area contributed by atoms with E-state index in [1.54, 1.807) is 0 Å². The molecule has 0 amide bonds. The summed E-state index contributed by atoms with van der Waals surface area (Å²) in [6.45, 7) is 15.1. The lowest BCUT2D eigenvalue weighted by atomic mass is 9.79. The molecule has 0 unspecified atom stereocenters. The summed E-state index contributed by atoms with van der Waals surface area (Å²) in [5.41, 5.74) is 1.56. The van der Waals surface area contributed by atoms with E-state index in [-0.39, 0.29) is 17.0 Å². The lowest BCUT2D eigenvalue weighted by molar-refractivity contribution is 0.00578. The number of nitrogens with zero attached hydrogens (tertiary/aromatic N) is 3. The van der Waals surface area contributed by atoms with Crippen LogP contribution in [0.5, 0.6) is 0 Å². The van der Waals surface area contributed by atoms with E-state index in [2.05, 4.69) is 14.8 Å². The van der Waals surface area contributed by atoms with Crippen molar-refractivity contribution in [2.24, 2.45) is 0 Å². The van der Waals surface area contributed by atoms with Gasteiger partial charge in [0, 0.05) is 0 Å². The first-order valence-electron chi connectivity index (χ1n) is 6.82. The number of hydrogen-bond donors (Lipinski definition) is 0. The fourth-order valence-corrected chi connectivity index (χ4v) is 2.20. The Morgan fingerprint density at radius 2 is 1.76 bits per heavy atom. The minimum atomic E-state index is -0.433. The quantitative estimate of drug-likeness (QED) is 0.595. The van der Waals surface area contributed by atoms with E-state index in [1.807, 2.05) is 45.9 Å². The van der Waals surface area contributed by atoms with Crippen molar-refractivity contribution in [2.75, 3.05) is 0 Å². The Labute approximate surface area is 124 Å². The van der Waals surface area contributed by atoms with Crippen LogP contribution in [0.2, 0.25) is 0 Å². The Balaban J connectivity index is 2.01. The van der Waals surface area contributed by atoms with Gasteiger partial charge < -0.3 is 14.2 Å². The second-order valence-corrected chi connectivity index (χ2v) is 6.18. The number of hydrogen-bond acceptors (Lipinski definition) is 4. The molecule has 0 saturated carbocycles. The van der Waals surface area contributed by atoms with Crippen LogP contribution in [0.3, 0.4) is 0 Å². The smallest absolute Gasteiger partial charge is 0.399 e. The van der Waals surface area contributed by atoms with Crippen LogP contribution in [0.25, 0.3) is 15.9 Å². The van der Waals surface area contributed by atoms with Crippen molar-refractivity contribution in [3.63, 3.8) is 0 Å². The van der Waals surface area contributed by atoms with Crippen LogP contribution in [0.1, 0.15) is 27.7 Å². The van der Waals surface area contributed by atoms with E-state index in [0.717, 1.165) is 11.0 Å². The first-order chi connectivity index (χ1) is 9.82. The van der Waals surface area contributed by atoms with Gasteiger partial charge in [0.15, 0.2) is 5.52 Å². The van der Waals surface area contributed by atoms with Crippen molar-refractivity contribution in [3.05, 3.63) is 35.8 Å². The van der Waals surface area contributed by atoms with Crippen molar-refractivity contribution in [1.82, 2.24) is 9.97 Å². The predicted molar refractivity (Wildman–Crippen MR) is 81.5 cm³/mol. The molecule has 1 aromatic carbocycles. The Morgan fingerprint density at radius 1 is 1.10 bits per heavy atom. The summed E-state index contributed by atoms with van der Waals surface area (Å²) in [5.74, 6) is 0.286. The van der Waals surface area contributed by atoms with E-state index in [9.17, 15) is 0 Å². The molecule has 1 fully saturated rings. The minimum absolute atomic E-state index is 0.286. The monoisotopic (exact) mass is 281 g/mol. The molecule has 0 N–H and O–H groups in total. The number of aromatic nitrogens is 2. The molecule has 106 valence electrons. The van der Waals surface area contributed by atoms with E-state index >= 15 is 0 Å². The SMILES string of the molecule is [C-]#[N+]c1cnc2ccc(B3OC(C)(C)C(C)(C)O3)cc2n1. The zero-order chi connectivity index (χ0) is 15.3. The molecule has 21 heavy (non-hydrogen) atoms. The minimum Gasteiger partial charge on any atom is -0.399 e. The van der Waals surface area contributed by atoms with Gasteiger partial charge in [-0.1, -0.05) is 12.6 Å². The molecule has 6 heteroatoms. The summed E-state index contributed by atoms with van der Waals surface area (Å²) < 4.78 is 12.0. The van der Waals surface area contributed by atoms with Crippen LogP contribution < -0.4 is 5.46 Å². The normalized spacial score (nSPS) is 19.7. The molecule has 5 nitrogen and oxygen atoms in total. The largest absolute Gasteiger partial charge is 0.494 e. The molecule has 3 rings (SSSR count). The van der Waals surface area contributed by atoms with Crippen LogP contribution in [0.4, 0.5) is 5.82 Å². The molecule has 1 aliphatic heterocycles. The Kier molecular flexibility index (Phi) is 3.01. The van der Waals surface area contributed by atoms with Crippen LogP contribution in [-0.2, 0) is 9.31 Å². The van der Waals surface area contributed by atoms with E-state index < -0.39 is 7.12 Å². The molecule has 0 bridgehead atoms. The highest BCUT2D eigenvalue weighted by atomic mass is 16.7. The van der Waals surface area contributed by atoms with Crippen LogP contribution >= 0.6 is 0 Å². The Bertz CT molecular complexity index is 736. The number of rotatable bonds is 1.